The van der Waals surface area contributed by atoms with Gasteiger partial charge in [0.15, 0.2) is 5.82 Å². The van der Waals surface area contributed by atoms with Crippen molar-refractivity contribution in [1.29, 1.82) is 10.5 Å². The number of nitrogens with zero attached hydrogens (tertiary/aromatic N) is 5. The third-order valence-electron chi connectivity index (χ3n) is 10.3. The number of ether oxygens (including phenoxy) is 4. The summed E-state index contributed by atoms with van der Waals surface area (Å²) in [5, 5.41) is 45.8. The molecule has 328 valence electrons. The number of unbranched alkanes of at least 4 members (excludes halogenated alkanes) is 15. The number of hydrogen-bond donors (Lipinski definition) is 4. The number of anilines is 1. The molecule has 16 nitrogen and oxygen atoms in total. The molecule has 0 spiro atoms. The fourth-order valence-electron chi connectivity index (χ4n) is 6.67. The molecule has 0 saturated carbocycles. The van der Waals surface area contributed by atoms with Crippen molar-refractivity contribution in [3.8, 4) is 17.9 Å². The zero-order chi connectivity index (χ0) is 42.9. The Morgan fingerprint density at radius 1 is 0.881 bits per heavy atom. The Hall–Kier alpha value is -3.67. The van der Waals surface area contributed by atoms with Crippen LogP contribution in [-0.4, -0.2) is 88.2 Å². The van der Waals surface area contributed by atoms with Gasteiger partial charge in [-0.05, 0) is 36.2 Å². The second-order valence-corrected chi connectivity index (χ2v) is 16.2. The number of aliphatic hydroxyl groups excluding tert-OH is 2. The molecule has 17 heteroatoms. The summed E-state index contributed by atoms with van der Waals surface area (Å²) >= 11 is 0. The molecule has 0 amide bonds. The molecule has 3 aromatic rings. The van der Waals surface area contributed by atoms with Crippen LogP contribution in [0.2, 0.25) is 0 Å². The van der Waals surface area contributed by atoms with Gasteiger partial charge in [0.25, 0.3) is 0 Å². The lowest BCUT2D eigenvalue weighted by Crippen LogP contribution is -2.50. The Labute approximate surface area is 349 Å². The first-order valence-electron chi connectivity index (χ1n) is 20.8. The fourth-order valence-corrected chi connectivity index (χ4v) is 7.46. The third kappa shape index (κ3) is 16.7. The van der Waals surface area contributed by atoms with E-state index in [0.29, 0.717) is 29.0 Å². The van der Waals surface area contributed by atoms with Crippen molar-refractivity contribution in [2.24, 2.45) is 0 Å². The van der Waals surface area contributed by atoms with E-state index >= 15 is 0 Å². The smallest absolute Gasteiger partial charge is 0.472 e. The van der Waals surface area contributed by atoms with Crippen LogP contribution in [0.4, 0.5) is 5.82 Å². The zero-order valence-electron chi connectivity index (χ0n) is 35.0. The predicted octanol–water partition coefficient (Wildman–Crippen LogP) is 7.49. The maximum atomic E-state index is 13.1. The fraction of sp³-hybridized carbons (Fsp3) is 0.667. The Balaban J connectivity index is 1.47. The van der Waals surface area contributed by atoms with Crippen molar-refractivity contribution in [3.05, 3.63) is 53.5 Å². The Bertz CT molecular complexity index is 1780. The van der Waals surface area contributed by atoms with E-state index in [-0.39, 0.29) is 24.7 Å². The van der Waals surface area contributed by atoms with Gasteiger partial charge in [-0.1, -0.05) is 109 Å². The first kappa shape index (κ1) is 49.7. The lowest BCUT2D eigenvalue weighted by Gasteiger charge is -2.33. The summed E-state index contributed by atoms with van der Waals surface area (Å²) in [6.45, 7) is 1.37. The van der Waals surface area contributed by atoms with Gasteiger partial charge in [-0.3, -0.25) is 9.05 Å². The summed E-state index contributed by atoms with van der Waals surface area (Å²) in [6, 6.07) is 11.8. The molecule has 0 aliphatic rings. The minimum Gasteiger partial charge on any atom is -0.495 e. The second-order valence-electron chi connectivity index (χ2n) is 14.8. The molecule has 2 unspecified atom stereocenters. The molecule has 1 aromatic carbocycles. The summed E-state index contributed by atoms with van der Waals surface area (Å²) in [5.74, 6) is 0.538. The lowest BCUT2D eigenvalue weighted by molar-refractivity contribution is -0.134. The number of hydrogen-bond acceptors (Lipinski definition) is 14. The molecule has 0 aliphatic heterocycles. The molecule has 3 rings (SSSR count). The van der Waals surface area contributed by atoms with Crippen molar-refractivity contribution in [3.63, 3.8) is 0 Å². The van der Waals surface area contributed by atoms with Crippen LogP contribution in [0, 0.1) is 22.7 Å². The Kier molecular flexibility index (Phi) is 22.9. The summed E-state index contributed by atoms with van der Waals surface area (Å²) in [6.07, 6.45) is 16.8. The van der Waals surface area contributed by atoms with E-state index in [0.717, 1.165) is 32.7 Å². The van der Waals surface area contributed by atoms with Crippen LogP contribution in [0.1, 0.15) is 133 Å². The van der Waals surface area contributed by atoms with Crippen LogP contribution in [0.3, 0.4) is 0 Å². The van der Waals surface area contributed by atoms with E-state index in [9.17, 15) is 30.2 Å². The van der Waals surface area contributed by atoms with Crippen molar-refractivity contribution in [2.75, 3.05) is 46.4 Å². The van der Waals surface area contributed by atoms with Gasteiger partial charge in [-0.2, -0.15) is 15.6 Å². The second kappa shape index (κ2) is 27.2. The van der Waals surface area contributed by atoms with Gasteiger partial charge in [-0.25, -0.2) is 14.1 Å². The number of nitrogens with two attached hydrogens (primary N) is 1. The first-order valence-corrected chi connectivity index (χ1v) is 22.3. The number of benzene rings is 1. The molecule has 0 bridgehead atoms. The highest BCUT2D eigenvalue weighted by atomic mass is 31.2. The number of aliphatic hydroxyl groups is 2. The van der Waals surface area contributed by atoms with Crippen LogP contribution in [-0.2, 0) is 34.4 Å². The number of fused-ring (bicyclic) bond motifs is 1. The van der Waals surface area contributed by atoms with E-state index < -0.39 is 44.9 Å². The van der Waals surface area contributed by atoms with Crippen LogP contribution < -0.4 is 10.5 Å². The highest BCUT2D eigenvalue weighted by Gasteiger charge is 2.46. The van der Waals surface area contributed by atoms with Crippen molar-refractivity contribution in [1.82, 2.24) is 14.6 Å². The molecular formula is C42H65N6O10P. The molecule has 2 heterocycles. The Morgan fingerprint density at radius 2 is 1.51 bits per heavy atom. The number of phosphoric ester groups is 1. The third-order valence-corrected chi connectivity index (χ3v) is 11.3. The van der Waals surface area contributed by atoms with Gasteiger partial charge in [0.05, 0.1) is 38.2 Å². The average Bonchev–Trinajstić information content (AvgIpc) is 3.69. The zero-order valence-corrected chi connectivity index (χ0v) is 35.9. The van der Waals surface area contributed by atoms with Crippen LogP contribution in [0.15, 0.2) is 36.7 Å². The number of rotatable bonds is 33. The SMILES string of the molecule is CCCCCCCCCCCCCCCCCCOC[C@H](COP(=O)(O)OCC(C#N)(OC)[C@@H](O)[C@@H](O)c1ccc2c(N)ncnn12)OCc1ccc(OC)c(C#N)c1. The van der Waals surface area contributed by atoms with Gasteiger partial charge in [0.2, 0.25) is 5.60 Å². The van der Waals surface area contributed by atoms with Gasteiger partial charge < -0.3 is 39.8 Å². The summed E-state index contributed by atoms with van der Waals surface area (Å²) < 4.78 is 47.2. The van der Waals surface area contributed by atoms with Gasteiger partial charge in [-0.15, -0.1) is 0 Å². The summed E-state index contributed by atoms with van der Waals surface area (Å²) in [7, 11) is -2.35. The van der Waals surface area contributed by atoms with E-state index in [1.165, 1.54) is 107 Å². The maximum absolute atomic E-state index is 13.1. The standard InChI is InChI=1S/C42H65N6O10P/c1-4-5-6-7-8-9-10-11-12-13-14-15-16-17-18-19-24-55-28-35(56-27-33-20-23-38(53-2)34(25-33)26-43)29-57-59(51,52)58-31-42(30-44,54-3)40(50)39(49)36-21-22-37-41(45)46-32-47-48(36)37/h20-23,25,32,35,39-40,49-50H,4-19,24,27-29,31H2,1-3H3,(H,51,52)(H2,45,46,47)/t35-,39+,40+,42?/m1/s1. The average molecular weight is 845 g/mol. The van der Waals surface area contributed by atoms with Crippen molar-refractivity contribution in [2.45, 2.75) is 140 Å². The number of phosphoric acid groups is 1. The lowest BCUT2D eigenvalue weighted by atomic mass is 9.93. The normalized spacial score (nSPS) is 15.2. The van der Waals surface area contributed by atoms with Gasteiger partial charge in [0, 0.05) is 13.7 Å². The van der Waals surface area contributed by atoms with Gasteiger partial charge in [0.1, 0.15) is 54.7 Å². The predicted molar refractivity (Wildman–Crippen MR) is 222 cm³/mol. The highest BCUT2D eigenvalue weighted by Crippen LogP contribution is 2.45. The van der Waals surface area contributed by atoms with E-state index in [4.69, 9.17) is 33.7 Å². The number of methoxy groups -OCH3 is 2. The van der Waals surface area contributed by atoms with E-state index in [1.54, 1.807) is 24.3 Å². The number of nitrogen functional groups attached to an aromatic ring is 1. The summed E-state index contributed by atoms with van der Waals surface area (Å²) in [5.41, 5.74) is 4.94. The minimum atomic E-state index is -4.90. The molecule has 2 aromatic heterocycles. The van der Waals surface area contributed by atoms with E-state index in [1.807, 2.05) is 0 Å². The number of aromatic nitrogens is 3. The van der Waals surface area contributed by atoms with Crippen LogP contribution in [0.25, 0.3) is 5.52 Å². The maximum Gasteiger partial charge on any atom is 0.472 e. The molecule has 0 aliphatic carbocycles. The summed E-state index contributed by atoms with van der Waals surface area (Å²) in [4.78, 5) is 14.5. The molecule has 0 fully saturated rings. The van der Waals surface area contributed by atoms with E-state index in [2.05, 4.69) is 23.1 Å². The molecule has 5 N–H and O–H groups in total. The topological polar surface area (TPSA) is 237 Å². The monoisotopic (exact) mass is 844 g/mol. The van der Waals surface area contributed by atoms with Crippen LogP contribution in [0.5, 0.6) is 5.75 Å². The molecule has 5 atom stereocenters. The molecule has 59 heavy (non-hydrogen) atoms. The first-order chi connectivity index (χ1) is 28.5. The minimum absolute atomic E-state index is 0.0297. The Morgan fingerprint density at radius 3 is 2.08 bits per heavy atom. The van der Waals surface area contributed by atoms with Gasteiger partial charge >= 0.3 is 7.82 Å². The highest BCUT2D eigenvalue weighted by molar-refractivity contribution is 7.47. The molecular weight excluding hydrogens is 779 g/mol. The largest absolute Gasteiger partial charge is 0.495 e. The molecule has 0 radical (unpaired) electrons. The molecule has 0 saturated heterocycles. The quantitative estimate of drug-likeness (QED) is 0.0343. The number of nitriles is 2. The van der Waals surface area contributed by atoms with Crippen molar-refractivity contribution < 1.29 is 47.7 Å². The van der Waals surface area contributed by atoms with Crippen molar-refractivity contribution >= 4 is 19.2 Å². The van der Waals surface area contributed by atoms with Crippen LogP contribution >= 0.6 is 7.82 Å².